The number of ether oxygens (including phenoxy) is 2. The van der Waals surface area contributed by atoms with E-state index < -0.39 is 59.2 Å². The number of rotatable bonds is 5. The quantitative estimate of drug-likeness (QED) is 0.444. The zero-order valence-corrected chi connectivity index (χ0v) is 17.4. The topological polar surface area (TPSA) is 93.2 Å². The summed E-state index contributed by atoms with van der Waals surface area (Å²) >= 11 is 0. The average molecular weight is 512 g/mol. The highest BCUT2D eigenvalue weighted by Gasteiger charge is 2.37. The number of imide groups is 2. The summed E-state index contributed by atoms with van der Waals surface area (Å²) in [4.78, 5) is 48.6. The van der Waals surface area contributed by atoms with Crippen molar-refractivity contribution in [3.05, 3.63) is 60.7 Å². The van der Waals surface area contributed by atoms with Crippen LogP contribution < -0.4 is 19.3 Å². The SMILES string of the molecule is O=C1C=CC(=O)N1c1ccc(-c2ccc(N3C(=O)C=CC3=O)c(OC(F)(F)F)c2)cc1OC(F)(F)F. The number of carbonyl (C=O) groups is 4. The fourth-order valence-electron chi connectivity index (χ4n) is 3.45. The number of hydrogen-bond donors (Lipinski definition) is 0. The summed E-state index contributed by atoms with van der Waals surface area (Å²) in [5, 5.41) is 0. The smallest absolute Gasteiger partial charge is 0.404 e. The van der Waals surface area contributed by atoms with Gasteiger partial charge in [-0.25, -0.2) is 9.80 Å². The lowest BCUT2D eigenvalue weighted by atomic mass is 10.0. The van der Waals surface area contributed by atoms with Crippen LogP contribution in [0, 0.1) is 0 Å². The Balaban J connectivity index is 1.81. The second kappa shape index (κ2) is 8.55. The normalized spacial score (nSPS) is 15.9. The molecule has 0 aliphatic carbocycles. The van der Waals surface area contributed by atoms with E-state index in [0.717, 1.165) is 60.7 Å². The van der Waals surface area contributed by atoms with E-state index in [-0.39, 0.29) is 11.1 Å². The van der Waals surface area contributed by atoms with Crippen molar-refractivity contribution in [1.82, 2.24) is 0 Å². The monoisotopic (exact) mass is 512 g/mol. The standard InChI is InChI=1S/C22H10F6N2O6/c23-21(24,25)35-15-9-11(1-3-13(15)29-17(31)5-6-18(29)32)12-2-4-14(16(10-12)36-22(26,27)28)30-19(33)7-8-20(30)34/h1-10H. The fraction of sp³-hybridized carbons (Fsp3) is 0.0909. The van der Waals surface area contributed by atoms with Crippen LogP contribution in [-0.4, -0.2) is 36.4 Å². The van der Waals surface area contributed by atoms with Crippen LogP contribution >= 0.6 is 0 Å². The third kappa shape index (κ3) is 4.92. The summed E-state index contributed by atoms with van der Waals surface area (Å²) in [6, 6.07) is 5.63. The molecular formula is C22H10F6N2O6. The Morgan fingerprint density at radius 3 is 1.11 bits per heavy atom. The maximum Gasteiger partial charge on any atom is 0.573 e. The zero-order chi connectivity index (χ0) is 26.4. The molecule has 2 aliphatic heterocycles. The number of hydrogen-bond acceptors (Lipinski definition) is 6. The van der Waals surface area contributed by atoms with Gasteiger partial charge in [0, 0.05) is 24.3 Å². The Hall–Kier alpha value is -4.62. The van der Waals surface area contributed by atoms with Crippen molar-refractivity contribution in [2.75, 3.05) is 9.80 Å². The first-order chi connectivity index (χ1) is 16.7. The molecular weight excluding hydrogens is 502 g/mol. The van der Waals surface area contributed by atoms with Crippen molar-refractivity contribution in [3.63, 3.8) is 0 Å². The molecule has 0 radical (unpaired) electrons. The van der Waals surface area contributed by atoms with Gasteiger partial charge in [-0.1, -0.05) is 12.1 Å². The van der Waals surface area contributed by atoms with E-state index in [2.05, 4.69) is 9.47 Å². The first-order valence-electron chi connectivity index (χ1n) is 9.66. The Morgan fingerprint density at radius 1 is 0.528 bits per heavy atom. The molecule has 0 fully saturated rings. The fourth-order valence-corrected chi connectivity index (χ4v) is 3.45. The van der Waals surface area contributed by atoms with E-state index in [0.29, 0.717) is 9.80 Å². The van der Waals surface area contributed by atoms with Gasteiger partial charge in [0.05, 0.1) is 11.4 Å². The molecule has 0 unspecified atom stereocenters. The van der Waals surface area contributed by atoms with Gasteiger partial charge >= 0.3 is 12.7 Å². The minimum Gasteiger partial charge on any atom is -0.404 e. The minimum atomic E-state index is -5.25. The average Bonchev–Trinajstić information content (AvgIpc) is 3.26. The summed E-state index contributed by atoms with van der Waals surface area (Å²) in [7, 11) is 0. The number of alkyl halides is 6. The molecule has 4 rings (SSSR count). The third-order valence-corrected chi connectivity index (χ3v) is 4.80. The molecule has 14 heteroatoms. The van der Waals surface area contributed by atoms with Crippen LogP contribution in [0.25, 0.3) is 11.1 Å². The molecule has 8 nitrogen and oxygen atoms in total. The Bertz CT molecular complexity index is 1220. The Morgan fingerprint density at radius 2 is 0.833 bits per heavy atom. The van der Waals surface area contributed by atoms with Crippen LogP contribution in [0.15, 0.2) is 60.7 Å². The number of halogens is 6. The lowest BCUT2D eigenvalue weighted by Gasteiger charge is -2.21. The predicted molar refractivity (Wildman–Crippen MR) is 109 cm³/mol. The van der Waals surface area contributed by atoms with Crippen molar-refractivity contribution in [3.8, 4) is 22.6 Å². The number of carbonyl (C=O) groups excluding carboxylic acids is 4. The molecule has 0 bridgehead atoms. The molecule has 0 saturated carbocycles. The largest absolute Gasteiger partial charge is 0.573 e. The van der Waals surface area contributed by atoms with Crippen molar-refractivity contribution in [2.45, 2.75) is 12.7 Å². The molecule has 2 aliphatic rings. The molecule has 186 valence electrons. The van der Waals surface area contributed by atoms with E-state index in [9.17, 15) is 45.5 Å². The second-order valence-corrected chi connectivity index (χ2v) is 7.15. The lowest BCUT2D eigenvalue weighted by Crippen LogP contribution is -2.31. The van der Waals surface area contributed by atoms with Gasteiger partial charge in [-0.3, -0.25) is 19.2 Å². The van der Waals surface area contributed by atoms with Crippen LogP contribution in [0.2, 0.25) is 0 Å². The van der Waals surface area contributed by atoms with Gasteiger partial charge in [0.2, 0.25) is 0 Å². The minimum absolute atomic E-state index is 0.138. The molecule has 4 amide bonds. The second-order valence-electron chi connectivity index (χ2n) is 7.15. The molecule has 2 aromatic rings. The summed E-state index contributed by atoms with van der Waals surface area (Å²) < 4.78 is 86.1. The first-order valence-corrected chi connectivity index (χ1v) is 9.66. The number of amides is 4. The number of anilines is 2. The Labute approximate surface area is 196 Å². The highest BCUT2D eigenvalue weighted by Crippen LogP contribution is 2.41. The molecule has 0 spiro atoms. The molecule has 2 heterocycles. The lowest BCUT2D eigenvalue weighted by molar-refractivity contribution is -0.275. The molecule has 0 saturated heterocycles. The molecule has 0 N–H and O–H groups in total. The first kappa shape index (κ1) is 24.5. The van der Waals surface area contributed by atoms with E-state index in [1.54, 1.807) is 0 Å². The molecule has 0 atom stereocenters. The van der Waals surface area contributed by atoms with E-state index in [4.69, 9.17) is 0 Å². The molecule has 0 aromatic heterocycles. The van der Waals surface area contributed by atoms with Crippen molar-refractivity contribution in [2.24, 2.45) is 0 Å². The Kier molecular flexibility index (Phi) is 5.82. The molecule has 2 aromatic carbocycles. The highest BCUT2D eigenvalue weighted by atomic mass is 19.4. The molecule has 36 heavy (non-hydrogen) atoms. The van der Waals surface area contributed by atoms with Gasteiger partial charge in [-0.05, 0) is 35.4 Å². The van der Waals surface area contributed by atoms with Crippen LogP contribution in [-0.2, 0) is 19.2 Å². The third-order valence-electron chi connectivity index (χ3n) is 4.80. The highest BCUT2D eigenvalue weighted by molar-refractivity contribution is 6.29. The van der Waals surface area contributed by atoms with Crippen LogP contribution in [0.1, 0.15) is 0 Å². The van der Waals surface area contributed by atoms with Crippen molar-refractivity contribution < 1.29 is 55.0 Å². The number of nitrogens with zero attached hydrogens (tertiary/aromatic N) is 2. The van der Waals surface area contributed by atoms with Crippen LogP contribution in [0.5, 0.6) is 11.5 Å². The summed E-state index contributed by atoms with van der Waals surface area (Å²) in [5.74, 6) is -5.70. The van der Waals surface area contributed by atoms with Gasteiger partial charge in [0.25, 0.3) is 23.6 Å². The van der Waals surface area contributed by atoms with E-state index in [1.807, 2.05) is 0 Å². The maximum absolute atomic E-state index is 13.0. The van der Waals surface area contributed by atoms with Crippen molar-refractivity contribution in [1.29, 1.82) is 0 Å². The van der Waals surface area contributed by atoms with Gasteiger partial charge < -0.3 is 9.47 Å². The predicted octanol–water partition coefficient (Wildman–Crippen LogP) is 4.01. The van der Waals surface area contributed by atoms with Crippen molar-refractivity contribution >= 4 is 35.0 Å². The van der Waals surface area contributed by atoms with Gasteiger partial charge in [-0.2, -0.15) is 0 Å². The van der Waals surface area contributed by atoms with Crippen LogP contribution in [0.4, 0.5) is 37.7 Å². The van der Waals surface area contributed by atoms with E-state index >= 15 is 0 Å². The van der Waals surface area contributed by atoms with Gasteiger partial charge in [0.15, 0.2) is 11.5 Å². The van der Waals surface area contributed by atoms with E-state index in [1.165, 1.54) is 0 Å². The summed E-state index contributed by atoms with van der Waals surface area (Å²) in [5.41, 5.74) is -1.39. The number of benzene rings is 2. The van der Waals surface area contributed by atoms with Crippen LogP contribution in [0.3, 0.4) is 0 Å². The van der Waals surface area contributed by atoms with Gasteiger partial charge in [-0.15, -0.1) is 26.3 Å². The zero-order valence-electron chi connectivity index (χ0n) is 17.4. The maximum atomic E-state index is 13.0. The summed E-state index contributed by atoms with van der Waals surface area (Å²) in [6.07, 6.45) is -7.15. The van der Waals surface area contributed by atoms with Gasteiger partial charge in [0.1, 0.15) is 0 Å². The summed E-state index contributed by atoms with van der Waals surface area (Å²) in [6.45, 7) is 0.